The molecule has 0 radical (unpaired) electrons. The first-order valence-electron chi connectivity index (χ1n) is 16.2. The normalized spacial score (nSPS) is 13.7. The van der Waals surface area contributed by atoms with Crippen molar-refractivity contribution in [2.45, 2.75) is 38.5 Å². The highest BCUT2D eigenvalue weighted by Gasteiger charge is 2.26. The number of nitrogens with two attached hydrogens (primary N) is 1. The molecule has 13 nitrogen and oxygen atoms in total. The summed E-state index contributed by atoms with van der Waals surface area (Å²) in [6.07, 6.45) is 10.9. The van der Waals surface area contributed by atoms with E-state index in [-0.39, 0.29) is 29.7 Å². The zero-order chi connectivity index (χ0) is 34.7. The van der Waals surface area contributed by atoms with E-state index < -0.39 is 0 Å². The van der Waals surface area contributed by atoms with Crippen LogP contribution in [0.2, 0.25) is 0 Å². The van der Waals surface area contributed by atoms with Crippen LogP contribution in [0.25, 0.3) is 0 Å². The van der Waals surface area contributed by atoms with Crippen LogP contribution >= 0.6 is 11.3 Å². The van der Waals surface area contributed by atoms with Crippen LogP contribution in [-0.2, 0) is 9.59 Å². The predicted molar refractivity (Wildman–Crippen MR) is 193 cm³/mol. The Morgan fingerprint density at radius 2 is 1.14 bits per heavy atom. The zero-order valence-corrected chi connectivity index (χ0v) is 27.8. The van der Waals surface area contributed by atoms with Crippen molar-refractivity contribution in [3.8, 4) is 23.0 Å². The van der Waals surface area contributed by atoms with Gasteiger partial charge in [0.1, 0.15) is 34.6 Å². The van der Waals surface area contributed by atoms with Crippen molar-refractivity contribution in [2.75, 3.05) is 27.0 Å². The first-order chi connectivity index (χ1) is 24.4. The maximum absolute atomic E-state index is 12.1. The molecule has 3 heterocycles. The minimum atomic E-state index is -0.366. The molecule has 50 heavy (non-hydrogen) atoms. The highest BCUT2D eigenvalue weighted by atomic mass is 32.1. The van der Waals surface area contributed by atoms with Gasteiger partial charge >= 0.3 is 6.03 Å². The predicted octanol–water partition coefficient (Wildman–Crippen LogP) is 7.91. The number of anilines is 5. The third-order valence-electron chi connectivity index (χ3n) is 8.03. The Hall–Kier alpha value is -6.02. The molecule has 0 spiro atoms. The number of amides is 4. The van der Waals surface area contributed by atoms with Gasteiger partial charge in [-0.25, -0.2) is 19.7 Å². The van der Waals surface area contributed by atoms with Gasteiger partial charge in [0, 0.05) is 59.3 Å². The van der Waals surface area contributed by atoms with Crippen LogP contribution in [0.5, 0.6) is 23.0 Å². The van der Waals surface area contributed by atoms with Crippen molar-refractivity contribution in [3.63, 3.8) is 0 Å². The number of aromatic nitrogens is 3. The number of thiazole rings is 1. The Labute approximate surface area is 292 Å². The van der Waals surface area contributed by atoms with Crippen LogP contribution in [0.15, 0.2) is 96.8 Å². The second-order valence-electron chi connectivity index (χ2n) is 11.7. The van der Waals surface area contributed by atoms with Gasteiger partial charge in [-0.05, 0) is 86.3 Å². The number of urea groups is 1. The minimum Gasteiger partial charge on any atom is -0.457 e. The Bertz CT molecular complexity index is 1900. The minimum absolute atomic E-state index is 0.00681. The van der Waals surface area contributed by atoms with Gasteiger partial charge in [0.2, 0.25) is 11.8 Å². The summed E-state index contributed by atoms with van der Waals surface area (Å²) in [4.78, 5) is 48.2. The van der Waals surface area contributed by atoms with Crippen LogP contribution in [0.1, 0.15) is 38.5 Å². The first-order valence-corrected chi connectivity index (χ1v) is 17.1. The molecule has 14 heteroatoms. The topological polar surface area (TPSA) is 182 Å². The third kappa shape index (κ3) is 9.76. The van der Waals surface area contributed by atoms with E-state index in [0.717, 1.165) is 38.5 Å². The fourth-order valence-corrected chi connectivity index (χ4v) is 5.37. The van der Waals surface area contributed by atoms with E-state index in [1.807, 2.05) is 0 Å². The molecule has 7 rings (SSSR count). The van der Waals surface area contributed by atoms with Crippen molar-refractivity contribution in [2.24, 2.45) is 11.8 Å². The van der Waals surface area contributed by atoms with Gasteiger partial charge in [0.25, 0.3) is 0 Å². The largest absolute Gasteiger partial charge is 0.457 e. The van der Waals surface area contributed by atoms with Crippen LogP contribution in [0.3, 0.4) is 0 Å². The van der Waals surface area contributed by atoms with Gasteiger partial charge in [-0.3, -0.25) is 14.9 Å². The molecule has 3 aromatic heterocycles. The van der Waals surface area contributed by atoms with Gasteiger partial charge in [-0.1, -0.05) is 12.8 Å². The number of carbonyl (C=O) groups excluding carboxylic acids is 3. The number of pyridine rings is 2. The van der Waals surface area contributed by atoms with E-state index in [2.05, 4.69) is 36.2 Å². The fraction of sp³-hybridized carbons (Fsp3) is 0.222. The number of hydrogen-bond donors (Lipinski definition) is 5. The van der Waals surface area contributed by atoms with Crippen molar-refractivity contribution < 1.29 is 23.9 Å². The van der Waals surface area contributed by atoms with Gasteiger partial charge in [-0.2, -0.15) is 0 Å². The van der Waals surface area contributed by atoms with Crippen molar-refractivity contribution in [1.29, 1.82) is 0 Å². The first kappa shape index (κ1) is 33.9. The summed E-state index contributed by atoms with van der Waals surface area (Å²) in [5.41, 5.74) is 6.94. The number of hydrogen-bond acceptors (Lipinski definition) is 10. The summed E-state index contributed by atoms with van der Waals surface area (Å²) in [6, 6.07) is 20.6. The number of nitrogen functional groups attached to an aromatic ring is 1. The van der Waals surface area contributed by atoms with Crippen molar-refractivity contribution >= 4 is 57.3 Å². The molecule has 0 aliphatic heterocycles. The monoisotopic (exact) mass is 692 g/mol. The van der Waals surface area contributed by atoms with Gasteiger partial charge in [0.15, 0.2) is 5.13 Å². The van der Waals surface area contributed by atoms with E-state index in [1.54, 1.807) is 96.8 Å². The summed E-state index contributed by atoms with van der Waals surface area (Å²) in [6.45, 7) is 0. The molecule has 5 aromatic rings. The SMILES string of the molecule is Nc1ccc(Oc2ccnc(NC(=O)C3CCC3)c2)cc1.O=C(Nc1ccc(Oc2ccnc(NC(=O)C3CCC3)c2)cc1)Nc1nccs1. The van der Waals surface area contributed by atoms with Crippen LogP contribution in [-0.4, -0.2) is 32.8 Å². The number of nitrogens with one attached hydrogen (secondary N) is 4. The Kier molecular flexibility index (Phi) is 11.1. The Morgan fingerprint density at radius 1 is 0.620 bits per heavy atom. The Morgan fingerprint density at radius 3 is 1.60 bits per heavy atom. The molecule has 2 aliphatic rings. The molecule has 0 unspecified atom stereocenters. The van der Waals surface area contributed by atoms with E-state index in [0.29, 0.717) is 51.1 Å². The van der Waals surface area contributed by atoms with E-state index >= 15 is 0 Å². The second kappa shape index (κ2) is 16.4. The molecule has 0 bridgehead atoms. The standard InChI is InChI=1S/C20H19N5O3S.C16H17N3O2/c26-18(13-2-1-3-13)24-17-12-16(8-9-21-17)28-15-6-4-14(5-7-15)23-19(27)25-20-22-10-11-29-20;17-12-4-6-13(7-5-12)21-14-8-9-18-15(10-14)19-16(20)11-2-1-3-11/h4-13H,1-3H2,(H,21,24,26)(H2,22,23,25,27);4-11H,1-3,17H2,(H,18,19,20). The quantitative estimate of drug-likeness (QED) is 0.0908. The highest BCUT2D eigenvalue weighted by Crippen LogP contribution is 2.30. The van der Waals surface area contributed by atoms with Crippen LogP contribution in [0.4, 0.5) is 32.9 Å². The number of nitrogens with zero attached hydrogens (tertiary/aromatic N) is 3. The van der Waals surface area contributed by atoms with Crippen LogP contribution in [0, 0.1) is 11.8 Å². The number of carbonyl (C=O) groups is 3. The summed E-state index contributed by atoms with van der Waals surface area (Å²) >= 11 is 1.34. The molecule has 2 aliphatic carbocycles. The summed E-state index contributed by atoms with van der Waals surface area (Å²) in [7, 11) is 0. The zero-order valence-electron chi connectivity index (χ0n) is 27.0. The number of benzene rings is 2. The molecule has 256 valence electrons. The summed E-state index contributed by atoms with van der Waals surface area (Å²) in [5.74, 6) is 3.72. The van der Waals surface area contributed by atoms with Gasteiger partial charge < -0.3 is 31.2 Å². The molecule has 0 saturated heterocycles. The lowest BCUT2D eigenvalue weighted by Gasteiger charge is -2.23. The lowest BCUT2D eigenvalue weighted by Crippen LogP contribution is -2.28. The number of rotatable bonds is 10. The van der Waals surface area contributed by atoms with Crippen molar-refractivity contribution in [3.05, 3.63) is 96.8 Å². The molecule has 0 atom stereocenters. The summed E-state index contributed by atoms with van der Waals surface area (Å²) < 4.78 is 11.5. The average molecular weight is 693 g/mol. The molecule has 2 saturated carbocycles. The highest BCUT2D eigenvalue weighted by molar-refractivity contribution is 7.13. The molecule has 4 amide bonds. The van der Waals surface area contributed by atoms with Crippen molar-refractivity contribution in [1.82, 2.24) is 15.0 Å². The van der Waals surface area contributed by atoms with E-state index in [1.165, 1.54) is 11.3 Å². The van der Waals surface area contributed by atoms with E-state index in [4.69, 9.17) is 15.2 Å². The lowest BCUT2D eigenvalue weighted by atomic mass is 9.85. The molecule has 2 aromatic carbocycles. The maximum atomic E-state index is 12.1. The average Bonchev–Trinajstić information content (AvgIpc) is 3.55. The van der Waals surface area contributed by atoms with E-state index in [9.17, 15) is 14.4 Å². The molecule has 2 fully saturated rings. The molecule has 6 N–H and O–H groups in total. The maximum Gasteiger partial charge on any atom is 0.325 e. The molecular formula is C36H36N8O5S. The second-order valence-corrected chi connectivity index (χ2v) is 12.6. The smallest absolute Gasteiger partial charge is 0.325 e. The third-order valence-corrected chi connectivity index (χ3v) is 8.72. The number of ether oxygens (including phenoxy) is 2. The summed E-state index contributed by atoms with van der Waals surface area (Å²) in [5, 5.41) is 13.3. The Balaban J connectivity index is 0.000000182. The van der Waals surface area contributed by atoms with Gasteiger partial charge in [-0.15, -0.1) is 11.3 Å². The fourth-order valence-electron chi connectivity index (χ4n) is 4.84. The molecular weight excluding hydrogens is 657 g/mol. The lowest BCUT2D eigenvalue weighted by molar-refractivity contribution is -0.122. The van der Waals surface area contributed by atoms with Crippen LogP contribution < -0.4 is 36.5 Å². The van der Waals surface area contributed by atoms with Gasteiger partial charge in [0.05, 0.1) is 0 Å².